The minimum absolute atomic E-state index is 0.142. The summed E-state index contributed by atoms with van der Waals surface area (Å²) in [4.78, 5) is 22.0. The van der Waals surface area contributed by atoms with Crippen LogP contribution in [-0.2, 0) is 9.59 Å². The van der Waals surface area contributed by atoms with Crippen LogP contribution in [0.1, 0.15) is 6.42 Å². The number of rotatable bonds is 4. The Morgan fingerprint density at radius 3 is 2.59 bits per heavy atom. The van der Waals surface area contributed by atoms with Crippen molar-refractivity contribution in [2.45, 2.75) is 12.5 Å². The van der Waals surface area contributed by atoms with Gasteiger partial charge < -0.3 is 16.8 Å². The van der Waals surface area contributed by atoms with Crippen molar-refractivity contribution in [3.05, 3.63) is 29.0 Å². The van der Waals surface area contributed by atoms with Gasteiger partial charge in [0.05, 0.1) is 12.5 Å². The monoisotopic (exact) mass is 259 g/mol. The summed E-state index contributed by atoms with van der Waals surface area (Å²) < 4.78 is 12.9. The maximum absolute atomic E-state index is 12.9. The fourth-order valence-corrected chi connectivity index (χ4v) is 1.39. The van der Waals surface area contributed by atoms with E-state index in [9.17, 15) is 14.0 Å². The zero-order chi connectivity index (χ0) is 13.0. The molecule has 0 saturated carbocycles. The predicted molar refractivity (Wildman–Crippen MR) is 61.8 cm³/mol. The summed E-state index contributed by atoms with van der Waals surface area (Å²) in [5, 5.41) is 2.47. The number of anilines is 1. The molecule has 1 unspecified atom stereocenters. The molecule has 0 aromatic heterocycles. The van der Waals surface area contributed by atoms with Gasteiger partial charge >= 0.3 is 0 Å². The largest absolute Gasteiger partial charge is 0.370 e. The Morgan fingerprint density at radius 1 is 1.41 bits per heavy atom. The Hall–Kier alpha value is -1.66. The number of amides is 2. The van der Waals surface area contributed by atoms with Crippen molar-refractivity contribution in [3.63, 3.8) is 0 Å². The molecule has 1 rings (SSSR count). The first-order chi connectivity index (χ1) is 7.88. The lowest BCUT2D eigenvalue weighted by Crippen LogP contribution is -2.39. The summed E-state index contributed by atoms with van der Waals surface area (Å²) >= 11 is 5.60. The number of benzene rings is 1. The van der Waals surface area contributed by atoms with Crippen LogP contribution in [0.3, 0.4) is 0 Å². The third kappa shape index (κ3) is 4.38. The molecule has 0 aliphatic heterocycles. The third-order valence-electron chi connectivity index (χ3n) is 1.89. The molecule has 1 aromatic rings. The van der Waals surface area contributed by atoms with Crippen molar-refractivity contribution in [1.29, 1.82) is 0 Å². The molecule has 0 spiro atoms. The Kier molecular flexibility index (Phi) is 4.42. The normalized spacial score (nSPS) is 11.9. The Morgan fingerprint density at radius 2 is 2.06 bits per heavy atom. The highest BCUT2D eigenvalue weighted by Crippen LogP contribution is 2.18. The van der Waals surface area contributed by atoms with Crippen LogP contribution in [-0.4, -0.2) is 17.9 Å². The molecule has 0 saturated heterocycles. The molecule has 1 atom stereocenters. The molecule has 92 valence electrons. The number of carbonyl (C=O) groups is 2. The molecule has 7 heteroatoms. The first-order valence-corrected chi connectivity index (χ1v) is 5.07. The molecule has 0 bridgehead atoms. The summed E-state index contributed by atoms with van der Waals surface area (Å²) in [6.07, 6.45) is -0.283. The van der Waals surface area contributed by atoms with Gasteiger partial charge in [-0.1, -0.05) is 11.6 Å². The van der Waals surface area contributed by atoms with Gasteiger partial charge in [-0.15, -0.1) is 0 Å². The molecule has 0 aliphatic rings. The highest BCUT2D eigenvalue weighted by Gasteiger charge is 2.16. The van der Waals surface area contributed by atoms with Crippen molar-refractivity contribution in [3.8, 4) is 0 Å². The predicted octanol–water partition coefficient (Wildman–Crippen LogP) is 0.620. The lowest BCUT2D eigenvalue weighted by Gasteiger charge is -2.10. The number of halogens is 2. The van der Waals surface area contributed by atoms with Gasteiger partial charge in [-0.2, -0.15) is 0 Å². The van der Waals surface area contributed by atoms with Crippen molar-refractivity contribution < 1.29 is 14.0 Å². The van der Waals surface area contributed by atoms with E-state index in [0.29, 0.717) is 0 Å². The van der Waals surface area contributed by atoms with Gasteiger partial charge in [-0.05, 0) is 18.2 Å². The lowest BCUT2D eigenvalue weighted by atomic mass is 10.2. The first-order valence-electron chi connectivity index (χ1n) is 4.69. The van der Waals surface area contributed by atoms with E-state index in [1.807, 2.05) is 0 Å². The van der Waals surface area contributed by atoms with Gasteiger partial charge in [0.25, 0.3) is 0 Å². The molecular formula is C10H11ClFN3O2. The first kappa shape index (κ1) is 13.4. The van der Waals surface area contributed by atoms with Gasteiger partial charge in [0, 0.05) is 10.7 Å². The van der Waals surface area contributed by atoms with E-state index in [1.54, 1.807) is 0 Å². The number of primary amides is 1. The summed E-state index contributed by atoms with van der Waals surface area (Å²) in [6, 6.07) is 2.47. The summed E-state index contributed by atoms with van der Waals surface area (Å²) in [7, 11) is 0. The topological polar surface area (TPSA) is 98.2 Å². The van der Waals surface area contributed by atoms with E-state index in [-0.39, 0.29) is 17.1 Å². The van der Waals surface area contributed by atoms with Gasteiger partial charge in [-0.25, -0.2) is 4.39 Å². The van der Waals surface area contributed by atoms with Crippen LogP contribution in [0.2, 0.25) is 5.02 Å². The molecule has 0 heterocycles. The molecule has 0 fully saturated rings. The Balaban J connectivity index is 2.70. The molecule has 0 radical (unpaired) electrons. The minimum Gasteiger partial charge on any atom is -0.370 e. The second-order valence-corrected chi connectivity index (χ2v) is 3.86. The SMILES string of the molecule is NC(=O)CC(N)C(=O)Nc1cc(F)cc(Cl)c1. The van der Waals surface area contributed by atoms with Crippen molar-refractivity contribution in [1.82, 2.24) is 0 Å². The average Bonchev–Trinajstić information content (AvgIpc) is 2.14. The lowest BCUT2D eigenvalue weighted by molar-refractivity contribution is -0.123. The quantitative estimate of drug-likeness (QED) is 0.739. The molecule has 5 nitrogen and oxygen atoms in total. The van der Waals surface area contributed by atoms with Crippen molar-refractivity contribution in [2.24, 2.45) is 11.5 Å². The Bertz CT molecular complexity index is 433. The number of carbonyl (C=O) groups excluding carboxylic acids is 2. The number of nitrogens with two attached hydrogens (primary N) is 2. The van der Waals surface area contributed by atoms with Crippen molar-refractivity contribution >= 4 is 29.1 Å². The summed E-state index contributed by atoms with van der Waals surface area (Å²) in [5.74, 6) is -1.91. The van der Waals surface area contributed by atoms with E-state index < -0.39 is 23.7 Å². The van der Waals surface area contributed by atoms with Gasteiger partial charge in [-0.3, -0.25) is 9.59 Å². The van der Waals surface area contributed by atoms with Crippen LogP contribution in [0.25, 0.3) is 0 Å². The van der Waals surface area contributed by atoms with Gasteiger partial charge in [0.2, 0.25) is 11.8 Å². The molecule has 1 aromatic carbocycles. The average molecular weight is 260 g/mol. The number of nitrogens with one attached hydrogen (secondary N) is 1. The fourth-order valence-electron chi connectivity index (χ4n) is 1.17. The molecular weight excluding hydrogens is 249 g/mol. The van der Waals surface area contributed by atoms with Crippen molar-refractivity contribution in [2.75, 3.05) is 5.32 Å². The highest BCUT2D eigenvalue weighted by atomic mass is 35.5. The van der Waals surface area contributed by atoms with Crippen LogP contribution in [0.4, 0.5) is 10.1 Å². The van der Waals surface area contributed by atoms with Gasteiger partial charge in [0.15, 0.2) is 0 Å². The number of hydrogen-bond acceptors (Lipinski definition) is 3. The highest BCUT2D eigenvalue weighted by molar-refractivity contribution is 6.30. The molecule has 17 heavy (non-hydrogen) atoms. The molecule has 5 N–H and O–H groups in total. The van der Waals surface area contributed by atoms with E-state index in [4.69, 9.17) is 23.1 Å². The minimum atomic E-state index is -1.07. The van der Waals surface area contributed by atoms with E-state index in [0.717, 1.165) is 12.1 Å². The molecule has 0 aliphatic carbocycles. The maximum atomic E-state index is 12.9. The van der Waals surface area contributed by atoms with E-state index >= 15 is 0 Å². The standard InChI is InChI=1S/C10H11ClFN3O2/c11-5-1-6(12)3-7(2-5)15-10(17)8(13)4-9(14)16/h1-3,8H,4,13H2,(H2,14,16)(H,15,17). The van der Waals surface area contributed by atoms with Crippen LogP contribution >= 0.6 is 11.6 Å². The second-order valence-electron chi connectivity index (χ2n) is 3.42. The number of hydrogen-bond donors (Lipinski definition) is 3. The van der Waals surface area contributed by atoms with E-state index in [1.165, 1.54) is 6.07 Å². The molecule has 2 amide bonds. The van der Waals surface area contributed by atoms with E-state index in [2.05, 4.69) is 5.32 Å². The zero-order valence-electron chi connectivity index (χ0n) is 8.74. The van der Waals surface area contributed by atoms with Crippen LogP contribution < -0.4 is 16.8 Å². The summed E-state index contributed by atoms with van der Waals surface area (Å²) in [5.41, 5.74) is 10.5. The van der Waals surface area contributed by atoms with Crippen LogP contribution in [0.15, 0.2) is 18.2 Å². The fraction of sp³-hybridized carbons (Fsp3) is 0.200. The van der Waals surface area contributed by atoms with Gasteiger partial charge in [0.1, 0.15) is 5.82 Å². The summed E-state index contributed by atoms with van der Waals surface area (Å²) in [6.45, 7) is 0. The van der Waals surface area contributed by atoms with Crippen LogP contribution in [0.5, 0.6) is 0 Å². The second kappa shape index (κ2) is 5.60. The zero-order valence-corrected chi connectivity index (χ0v) is 9.50. The Labute approximate surface area is 102 Å². The third-order valence-corrected chi connectivity index (χ3v) is 2.11. The maximum Gasteiger partial charge on any atom is 0.241 e. The van der Waals surface area contributed by atoms with Crippen LogP contribution in [0, 0.1) is 5.82 Å². The smallest absolute Gasteiger partial charge is 0.241 e.